The van der Waals surface area contributed by atoms with Crippen LogP contribution in [0.5, 0.6) is 0 Å². The summed E-state index contributed by atoms with van der Waals surface area (Å²) in [6.07, 6.45) is 7.83. The number of halogens is 1. The standard InChI is InChI=1S/C17H23FN2O/c1-14(20-12-6-2-3-7-13-20)19-17(21)11-10-15-8-4-5-9-16(15)18/h4-5,8-11,14H,2-3,6-7,12-13H2,1H3,(H,19,21). The summed E-state index contributed by atoms with van der Waals surface area (Å²) in [4.78, 5) is 14.2. The van der Waals surface area contributed by atoms with Gasteiger partial charge in [0.15, 0.2) is 0 Å². The molecule has 1 N–H and O–H groups in total. The number of nitrogens with one attached hydrogen (secondary N) is 1. The van der Waals surface area contributed by atoms with Gasteiger partial charge < -0.3 is 5.32 Å². The van der Waals surface area contributed by atoms with Gasteiger partial charge in [0, 0.05) is 24.7 Å². The lowest BCUT2D eigenvalue weighted by Gasteiger charge is -2.27. The number of carbonyl (C=O) groups is 1. The number of benzene rings is 1. The fraction of sp³-hybridized carbons (Fsp3) is 0.471. The molecule has 1 atom stereocenters. The van der Waals surface area contributed by atoms with Gasteiger partial charge in [-0.15, -0.1) is 0 Å². The zero-order valence-electron chi connectivity index (χ0n) is 12.5. The second-order valence-corrected chi connectivity index (χ2v) is 5.49. The van der Waals surface area contributed by atoms with Gasteiger partial charge in [-0.1, -0.05) is 31.0 Å². The van der Waals surface area contributed by atoms with Gasteiger partial charge in [0.1, 0.15) is 5.82 Å². The molecule has 3 nitrogen and oxygen atoms in total. The van der Waals surface area contributed by atoms with Crippen molar-refractivity contribution in [1.29, 1.82) is 0 Å². The van der Waals surface area contributed by atoms with Crippen molar-refractivity contribution in [3.8, 4) is 0 Å². The summed E-state index contributed by atoms with van der Waals surface area (Å²) in [5.41, 5.74) is 0.426. The van der Waals surface area contributed by atoms with Gasteiger partial charge in [-0.2, -0.15) is 0 Å². The van der Waals surface area contributed by atoms with E-state index in [2.05, 4.69) is 10.2 Å². The van der Waals surface area contributed by atoms with E-state index in [1.165, 1.54) is 43.9 Å². The molecule has 0 spiro atoms. The molecular formula is C17H23FN2O. The molecule has 2 rings (SSSR count). The second-order valence-electron chi connectivity index (χ2n) is 5.49. The molecule has 0 aliphatic carbocycles. The summed E-state index contributed by atoms with van der Waals surface area (Å²) < 4.78 is 13.4. The summed E-state index contributed by atoms with van der Waals surface area (Å²) >= 11 is 0. The highest BCUT2D eigenvalue weighted by Crippen LogP contribution is 2.11. The highest BCUT2D eigenvalue weighted by molar-refractivity contribution is 5.91. The van der Waals surface area contributed by atoms with Crippen molar-refractivity contribution < 1.29 is 9.18 Å². The monoisotopic (exact) mass is 290 g/mol. The molecule has 0 bridgehead atoms. The molecule has 1 aromatic carbocycles. The number of amides is 1. The molecule has 1 aliphatic heterocycles. The smallest absolute Gasteiger partial charge is 0.245 e. The Bertz CT molecular complexity index is 493. The van der Waals surface area contributed by atoms with Crippen LogP contribution < -0.4 is 5.32 Å². The molecule has 0 saturated carbocycles. The normalized spacial score (nSPS) is 18.4. The maximum atomic E-state index is 13.4. The molecule has 21 heavy (non-hydrogen) atoms. The predicted octanol–water partition coefficient (Wildman–Crippen LogP) is 3.18. The summed E-state index contributed by atoms with van der Waals surface area (Å²) in [6.45, 7) is 4.05. The number of hydrogen-bond acceptors (Lipinski definition) is 2. The maximum absolute atomic E-state index is 13.4. The van der Waals surface area contributed by atoms with Gasteiger partial charge in [-0.25, -0.2) is 4.39 Å². The summed E-state index contributed by atoms with van der Waals surface area (Å²) in [7, 11) is 0. The van der Waals surface area contributed by atoms with Crippen molar-refractivity contribution in [2.24, 2.45) is 0 Å². The van der Waals surface area contributed by atoms with E-state index < -0.39 is 0 Å². The van der Waals surface area contributed by atoms with Crippen LogP contribution >= 0.6 is 0 Å². The van der Waals surface area contributed by atoms with E-state index in [0.717, 1.165) is 13.1 Å². The first-order valence-electron chi connectivity index (χ1n) is 7.64. The van der Waals surface area contributed by atoms with Gasteiger partial charge >= 0.3 is 0 Å². The van der Waals surface area contributed by atoms with E-state index in [1.54, 1.807) is 18.2 Å². The third kappa shape index (κ3) is 4.97. The third-order valence-electron chi connectivity index (χ3n) is 3.86. The van der Waals surface area contributed by atoms with Crippen LogP contribution in [-0.2, 0) is 4.79 Å². The fourth-order valence-electron chi connectivity index (χ4n) is 2.60. The zero-order valence-corrected chi connectivity index (χ0v) is 12.5. The molecule has 1 aromatic rings. The minimum absolute atomic E-state index is 0.0147. The van der Waals surface area contributed by atoms with E-state index >= 15 is 0 Å². The van der Waals surface area contributed by atoms with E-state index in [4.69, 9.17) is 0 Å². The Morgan fingerprint density at radius 1 is 1.24 bits per heavy atom. The predicted molar refractivity (Wildman–Crippen MR) is 83.1 cm³/mol. The average Bonchev–Trinajstić information content (AvgIpc) is 2.75. The molecule has 0 radical (unpaired) electrons. The van der Waals surface area contributed by atoms with E-state index in [0.29, 0.717) is 5.56 Å². The molecule has 1 amide bonds. The van der Waals surface area contributed by atoms with Gasteiger partial charge in [0.25, 0.3) is 0 Å². The van der Waals surface area contributed by atoms with Crippen LogP contribution in [0.25, 0.3) is 6.08 Å². The van der Waals surface area contributed by atoms with Crippen molar-refractivity contribution in [1.82, 2.24) is 10.2 Å². The van der Waals surface area contributed by atoms with Crippen molar-refractivity contribution >= 4 is 12.0 Å². The van der Waals surface area contributed by atoms with Gasteiger partial charge in [0.05, 0.1) is 6.17 Å². The van der Waals surface area contributed by atoms with Crippen molar-refractivity contribution in [3.63, 3.8) is 0 Å². The van der Waals surface area contributed by atoms with E-state index in [-0.39, 0.29) is 17.9 Å². The molecule has 1 fully saturated rings. The third-order valence-corrected chi connectivity index (χ3v) is 3.86. The Kier molecular flexibility index (Phi) is 5.93. The van der Waals surface area contributed by atoms with Crippen LogP contribution in [0.1, 0.15) is 38.2 Å². The Morgan fingerprint density at radius 3 is 2.57 bits per heavy atom. The van der Waals surface area contributed by atoms with Crippen molar-refractivity contribution in [2.75, 3.05) is 13.1 Å². The van der Waals surface area contributed by atoms with Gasteiger partial charge in [-0.3, -0.25) is 9.69 Å². The second kappa shape index (κ2) is 7.93. The van der Waals surface area contributed by atoms with Gasteiger partial charge in [0.2, 0.25) is 5.91 Å². The Balaban J connectivity index is 1.87. The lowest BCUT2D eigenvalue weighted by molar-refractivity contribution is -0.118. The van der Waals surface area contributed by atoms with Crippen LogP contribution in [0.4, 0.5) is 4.39 Å². The molecule has 0 aromatic heterocycles. The number of hydrogen-bond donors (Lipinski definition) is 1. The first-order valence-corrected chi connectivity index (χ1v) is 7.64. The number of nitrogens with zero attached hydrogens (tertiary/aromatic N) is 1. The Labute approximate surface area is 125 Å². The van der Waals surface area contributed by atoms with Crippen molar-refractivity contribution in [3.05, 3.63) is 41.7 Å². The van der Waals surface area contributed by atoms with Crippen LogP contribution in [-0.4, -0.2) is 30.1 Å². The topological polar surface area (TPSA) is 32.3 Å². The Morgan fingerprint density at radius 2 is 1.90 bits per heavy atom. The number of likely N-dealkylation sites (tertiary alicyclic amines) is 1. The fourth-order valence-corrected chi connectivity index (χ4v) is 2.60. The average molecular weight is 290 g/mol. The van der Waals surface area contributed by atoms with Crippen LogP contribution in [0, 0.1) is 5.82 Å². The minimum Gasteiger partial charge on any atom is -0.337 e. The molecule has 1 heterocycles. The molecule has 1 saturated heterocycles. The molecule has 1 aliphatic rings. The quantitative estimate of drug-likeness (QED) is 0.864. The van der Waals surface area contributed by atoms with Crippen molar-refractivity contribution in [2.45, 2.75) is 38.8 Å². The van der Waals surface area contributed by atoms with Gasteiger partial charge in [-0.05, 0) is 31.9 Å². The van der Waals surface area contributed by atoms with Crippen LogP contribution in [0.15, 0.2) is 30.3 Å². The summed E-state index contributed by atoms with van der Waals surface area (Å²) in [5.74, 6) is -0.503. The molecule has 1 unspecified atom stereocenters. The maximum Gasteiger partial charge on any atom is 0.245 e. The number of carbonyl (C=O) groups excluding carboxylic acids is 1. The highest BCUT2D eigenvalue weighted by atomic mass is 19.1. The lowest BCUT2D eigenvalue weighted by Crippen LogP contribution is -2.46. The minimum atomic E-state index is -0.317. The van der Waals surface area contributed by atoms with Crippen LogP contribution in [0.3, 0.4) is 0 Å². The molecule has 114 valence electrons. The SMILES string of the molecule is CC(NC(=O)C=Cc1ccccc1F)N1CCCCCC1. The van der Waals surface area contributed by atoms with E-state index in [9.17, 15) is 9.18 Å². The highest BCUT2D eigenvalue weighted by Gasteiger charge is 2.16. The lowest BCUT2D eigenvalue weighted by atomic mass is 10.2. The molecular weight excluding hydrogens is 267 g/mol. The zero-order chi connectivity index (χ0) is 15.1. The molecule has 4 heteroatoms. The number of rotatable bonds is 4. The summed E-state index contributed by atoms with van der Waals surface area (Å²) in [5, 5.41) is 2.94. The first kappa shape index (κ1) is 15.7. The summed E-state index contributed by atoms with van der Waals surface area (Å²) in [6, 6.07) is 6.42. The van der Waals surface area contributed by atoms with E-state index in [1.807, 2.05) is 6.92 Å². The first-order chi connectivity index (χ1) is 10.2. The largest absolute Gasteiger partial charge is 0.337 e. The Hall–Kier alpha value is -1.68. The van der Waals surface area contributed by atoms with Crippen LogP contribution in [0.2, 0.25) is 0 Å².